The molecule has 1 heterocycles. The van der Waals surface area contributed by atoms with E-state index in [0.717, 1.165) is 0 Å². The lowest BCUT2D eigenvalue weighted by atomic mass is 10.2. The summed E-state index contributed by atoms with van der Waals surface area (Å²) < 4.78 is 16.9. The van der Waals surface area contributed by atoms with Gasteiger partial charge in [-0.2, -0.15) is 0 Å². The van der Waals surface area contributed by atoms with E-state index in [4.69, 9.17) is 23.2 Å². The highest BCUT2D eigenvalue weighted by Gasteiger charge is 2.14. The van der Waals surface area contributed by atoms with Crippen LogP contribution in [-0.4, -0.2) is 22.3 Å². The van der Waals surface area contributed by atoms with Crippen LogP contribution in [0.25, 0.3) is 0 Å². The quantitative estimate of drug-likeness (QED) is 0.797. The van der Waals surface area contributed by atoms with Crippen LogP contribution < -0.4 is 0 Å². The molecular formula is C14H11Cl2NO3S. The first-order valence-corrected chi connectivity index (χ1v) is 7.96. The molecule has 0 saturated heterocycles. The number of aromatic nitrogens is 1. The minimum atomic E-state index is -1.42. The van der Waals surface area contributed by atoms with Crippen LogP contribution in [0.5, 0.6) is 0 Å². The Bertz CT molecular complexity index is 669. The summed E-state index contributed by atoms with van der Waals surface area (Å²) in [6.45, 7) is 0. The average Bonchev–Trinajstić information content (AvgIpc) is 2.47. The van der Waals surface area contributed by atoms with Gasteiger partial charge >= 0.3 is 5.97 Å². The second-order valence-electron chi connectivity index (χ2n) is 4.07. The van der Waals surface area contributed by atoms with Crippen molar-refractivity contribution in [2.24, 2.45) is 0 Å². The number of methoxy groups -OCH3 is 1. The molecule has 4 nitrogen and oxygen atoms in total. The summed E-state index contributed by atoms with van der Waals surface area (Å²) in [7, 11) is -0.123. The lowest BCUT2D eigenvalue weighted by molar-refractivity contribution is 0.0600. The highest BCUT2D eigenvalue weighted by Crippen LogP contribution is 2.28. The van der Waals surface area contributed by atoms with Crippen LogP contribution >= 0.6 is 23.2 Å². The summed E-state index contributed by atoms with van der Waals surface area (Å²) in [4.78, 5) is 15.8. The Morgan fingerprint density at radius 2 is 1.90 bits per heavy atom. The number of carbonyl (C=O) groups excluding carboxylic acids is 1. The van der Waals surface area contributed by atoms with Crippen molar-refractivity contribution in [3.05, 3.63) is 57.8 Å². The minimum Gasteiger partial charge on any atom is -0.465 e. The molecule has 0 fully saturated rings. The van der Waals surface area contributed by atoms with Gasteiger partial charge in [0.15, 0.2) is 0 Å². The molecule has 1 unspecified atom stereocenters. The summed E-state index contributed by atoms with van der Waals surface area (Å²) in [5, 5.41) is 0.707. The van der Waals surface area contributed by atoms with Gasteiger partial charge in [0, 0.05) is 6.20 Å². The van der Waals surface area contributed by atoms with Crippen molar-refractivity contribution in [3.63, 3.8) is 0 Å². The van der Waals surface area contributed by atoms with Gasteiger partial charge in [0.05, 0.1) is 49.9 Å². The van der Waals surface area contributed by atoms with E-state index in [9.17, 15) is 9.00 Å². The number of hydrogen-bond donors (Lipinski definition) is 0. The fourth-order valence-electron chi connectivity index (χ4n) is 1.65. The molecule has 2 aromatic rings. The zero-order valence-electron chi connectivity index (χ0n) is 11.0. The summed E-state index contributed by atoms with van der Waals surface area (Å²) in [6.07, 6.45) is 1.38. The standard InChI is InChI=1S/C14H11Cl2NO3S/c1-20-14(18)9-5-6-10(17-7-9)8-21(19)13-11(15)3-2-4-12(13)16/h2-7H,8H2,1H3. The number of rotatable bonds is 4. The summed E-state index contributed by atoms with van der Waals surface area (Å²) in [5.74, 6) is -0.311. The predicted octanol–water partition coefficient (Wildman–Crippen LogP) is 3.48. The van der Waals surface area contributed by atoms with E-state index >= 15 is 0 Å². The number of esters is 1. The topological polar surface area (TPSA) is 56.3 Å². The van der Waals surface area contributed by atoms with Crippen molar-refractivity contribution < 1.29 is 13.7 Å². The number of carbonyl (C=O) groups is 1. The van der Waals surface area contributed by atoms with E-state index in [1.54, 1.807) is 30.3 Å². The van der Waals surface area contributed by atoms with E-state index < -0.39 is 16.8 Å². The first-order chi connectivity index (χ1) is 10.0. The zero-order valence-corrected chi connectivity index (χ0v) is 13.3. The van der Waals surface area contributed by atoms with Crippen molar-refractivity contribution >= 4 is 40.0 Å². The van der Waals surface area contributed by atoms with Crippen LogP contribution in [0.3, 0.4) is 0 Å². The molecule has 110 valence electrons. The van der Waals surface area contributed by atoms with Gasteiger partial charge < -0.3 is 4.74 Å². The number of halogens is 2. The molecule has 1 atom stereocenters. The van der Waals surface area contributed by atoms with Gasteiger partial charge in [-0.25, -0.2) is 4.79 Å². The molecular weight excluding hydrogens is 333 g/mol. The normalized spacial score (nSPS) is 12.0. The van der Waals surface area contributed by atoms with E-state index in [-0.39, 0.29) is 5.75 Å². The van der Waals surface area contributed by atoms with E-state index in [1.165, 1.54) is 13.3 Å². The van der Waals surface area contributed by atoms with Gasteiger partial charge in [-0.3, -0.25) is 9.19 Å². The SMILES string of the molecule is COC(=O)c1ccc(CS(=O)c2c(Cl)cccc2Cl)nc1. The lowest BCUT2D eigenvalue weighted by Gasteiger charge is -2.07. The first-order valence-electron chi connectivity index (χ1n) is 5.88. The zero-order chi connectivity index (χ0) is 15.4. The summed E-state index contributed by atoms with van der Waals surface area (Å²) >= 11 is 12.0. The Morgan fingerprint density at radius 3 is 2.43 bits per heavy atom. The molecule has 0 N–H and O–H groups in total. The molecule has 0 aliphatic heterocycles. The third-order valence-corrected chi connectivity index (χ3v) is 4.98. The molecule has 21 heavy (non-hydrogen) atoms. The number of pyridine rings is 1. The molecule has 7 heteroatoms. The van der Waals surface area contributed by atoms with Crippen molar-refractivity contribution in [3.8, 4) is 0 Å². The summed E-state index contributed by atoms with van der Waals surface area (Å²) in [6, 6.07) is 8.14. The third-order valence-electron chi connectivity index (χ3n) is 2.67. The third kappa shape index (κ3) is 3.81. The van der Waals surface area contributed by atoms with Gasteiger partial charge in [0.25, 0.3) is 0 Å². The highest BCUT2D eigenvalue weighted by molar-refractivity contribution is 7.84. The Kier molecular flexibility index (Phi) is 5.33. The van der Waals surface area contributed by atoms with Crippen molar-refractivity contribution in [2.75, 3.05) is 7.11 Å². The van der Waals surface area contributed by atoms with E-state index in [1.807, 2.05) is 0 Å². The first kappa shape index (κ1) is 15.9. The van der Waals surface area contributed by atoms with Crippen LogP contribution in [0, 0.1) is 0 Å². The maximum Gasteiger partial charge on any atom is 0.339 e. The smallest absolute Gasteiger partial charge is 0.339 e. The van der Waals surface area contributed by atoms with Gasteiger partial charge in [-0.05, 0) is 24.3 Å². The van der Waals surface area contributed by atoms with Crippen molar-refractivity contribution in [1.29, 1.82) is 0 Å². The van der Waals surface area contributed by atoms with Crippen LogP contribution in [0.1, 0.15) is 16.1 Å². The average molecular weight is 344 g/mol. The fourth-order valence-corrected chi connectivity index (χ4v) is 3.72. The molecule has 0 aliphatic rings. The number of hydrogen-bond acceptors (Lipinski definition) is 4. The highest BCUT2D eigenvalue weighted by atomic mass is 35.5. The predicted molar refractivity (Wildman–Crippen MR) is 82.2 cm³/mol. The van der Waals surface area contributed by atoms with Crippen LogP contribution in [0.2, 0.25) is 10.0 Å². The number of ether oxygens (including phenoxy) is 1. The molecule has 0 saturated carbocycles. The Labute approximate surface area is 134 Å². The van der Waals surface area contributed by atoms with Crippen LogP contribution in [0.4, 0.5) is 0 Å². The lowest BCUT2D eigenvalue weighted by Crippen LogP contribution is -2.04. The van der Waals surface area contributed by atoms with Crippen LogP contribution in [-0.2, 0) is 21.3 Å². The van der Waals surface area contributed by atoms with E-state index in [0.29, 0.717) is 26.2 Å². The fraction of sp³-hybridized carbons (Fsp3) is 0.143. The Morgan fingerprint density at radius 1 is 1.24 bits per heavy atom. The summed E-state index contributed by atoms with van der Waals surface area (Å²) in [5.41, 5.74) is 0.903. The van der Waals surface area contributed by atoms with Crippen molar-refractivity contribution in [1.82, 2.24) is 4.98 Å². The Hall–Kier alpha value is -1.43. The second-order valence-corrected chi connectivity index (χ2v) is 6.27. The van der Waals surface area contributed by atoms with Gasteiger partial charge in [0.2, 0.25) is 0 Å². The molecule has 0 spiro atoms. The molecule has 0 bridgehead atoms. The Balaban J connectivity index is 2.18. The largest absolute Gasteiger partial charge is 0.465 e. The molecule has 0 aliphatic carbocycles. The molecule has 1 aromatic carbocycles. The van der Waals surface area contributed by atoms with Gasteiger partial charge in [0.1, 0.15) is 0 Å². The molecule has 0 radical (unpaired) electrons. The molecule has 0 amide bonds. The number of nitrogens with zero attached hydrogens (tertiary/aromatic N) is 1. The van der Waals surface area contributed by atoms with Crippen molar-refractivity contribution in [2.45, 2.75) is 10.6 Å². The monoisotopic (exact) mass is 343 g/mol. The van der Waals surface area contributed by atoms with Crippen LogP contribution in [0.15, 0.2) is 41.4 Å². The maximum atomic E-state index is 12.3. The molecule has 2 rings (SSSR count). The van der Waals surface area contributed by atoms with Gasteiger partial charge in [-0.15, -0.1) is 0 Å². The number of benzene rings is 1. The minimum absolute atomic E-state index is 0.158. The maximum absolute atomic E-state index is 12.3. The molecule has 1 aromatic heterocycles. The van der Waals surface area contributed by atoms with Gasteiger partial charge in [-0.1, -0.05) is 29.3 Å². The van der Waals surface area contributed by atoms with E-state index in [2.05, 4.69) is 9.72 Å². The second kappa shape index (κ2) is 7.02.